The summed E-state index contributed by atoms with van der Waals surface area (Å²) in [5.74, 6) is 1.63. The fraction of sp³-hybridized carbons (Fsp3) is 0.227. The van der Waals surface area contributed by atoms with Crippen LogP contribution in [0.2, 0.25) is 5.02 Å². The summed E-state index contributed by atoms with van der Waals surface area (Å²) in [5, 5.41) is 9.32. The van der Waals surface area contributed by atoms with E-state index in [2.05, 4.69) is 15.1 Å². The van der Waals surface area contributed by atoms with E-state index in [-0.39, 0.29) is 5.91 Å². The van der Waals surface area contributed by atoms with Gasteiger partial charge in [-0.3, -0.25) is 4.79 Å². The molecule has 0 atom stereocenters. The average Bonchev–Trinajstić information content (AvgIpc) is 2.79. The van der Waals surface area contributed by atoms with E-state index in [0.29, 0.717) is 36.8 Å². The van der Waals surface area contributed by atoms with Gasteiger partial charge < -0.3 is 14.5 Å². The quantitative estimate of drug-likeness (QED) is 0.657. The number of amides is 1. The van der Waals surface area contributed by atoms with Crippen LogP contribution < -0.4 is 9.64 Å². The minimum atomic E-state index is 0.00749. The molecule has 6 nitrogen and oxygen atoms in total. The summed E-state index contributed by atoms with van der Waals surface area (Å²) in [5.41, 5.74) is 2.42. The van der Waals surface area contributed by atoms with E-state index in [1.165, 1.54) is 0 Å². The molecular formula is C22H21ClN4O2. The highest BCUT2D eigenvalue weighted by atomic mass is 35.5. The fourth-order valence-corrected chi connectivity index (χ4v) is 3.54. The molecule has 0 unspecified atom stereocenters. The van der Waals surface area contributed by atoms with E-state index in [1.54, 1.807) is 31.4 Å². The highest BCUT2D eigenvalue weighted by molar-refractivity contribution is 6.30. The molecule has 148 valence electrons. The van der Waals surface area contributed by atoms with Gasteiger partial charge in [0, 0.05) is 42.3 Å². The second kappa shape index (κ2) is 8.49. The molecule has 7 heteroatoms. The number of piperazine rings is 1. The molecule has 1 fully saturated rings. The van der Waals surface area contributed by atoms with Crippen LogP contribution in [0.4, 0.5) is 5.82 Å². The molecule has 0 radical (unpaired) electrons. The number of anilines is 1. The number of hydrogen-bond donors (Lipinski definition) is 0. The molecule has 2 aromatic carbocycles. The van der Waals surface area contributed by atoms with Crippen LogP contribution in [0.15, 0.2) is 60.7 Å². The van der Waals surface area contributed by atoms with Crippen LogP contribution in [0.5, 0.6) is 5.75 Å². The second-order valence-electron chi connectivity index (χ2n) is 6.79. The summed E-state index contributed by atoms with van der Waals surface area (Å²) in [7, 11) is 1.64. The number of aromatic nitrogens is 2. The second-order valence-corrected chi connectivity index (χ2v) is 7.23. The summed E-state index contributed by atoms with van der Waals surface area (Å²) < 4.78 is 5.19. The number of carbonyl (C=O) groups is 1. The lowest BCUT2D eigenvalue weighted by Gasteiger charge is -2.35. The molecular weight excluding hydrogens is 388 g/mol. The van der Waals surface area contributed by atoms with Crippen LogP contribution >= 0.6 is 11.6 Å². The molecule has 0 N–H and O–H groups in total. The van der Waals surface area contributed by atoms with E-state index < -0.39 is 0 Å². The van der Waals surface area contributed by atoms with Gasteiger partial charge in [-0.2, -0.15) is 0 Å². The van der Waals surface area contributed by atoms with Gasteiger partial charge in [0.1, 0.15) is 5.75 Å². The summed E-state index contributed by atoms with van der Waals surface area (Å²) in [6.07, 6.45) is 0. The van der Waals surface area contributed by atoms with Crippen LogP contribution in [-0.4, -0.2) is 54.3 Å². The standard InChI is InChI=1S/C22H21ClN4O2/c1-29-19-7-5-16(6-8-19)20-9-10-21(25-24-20)26-11-13-27(14-12-26)22(28)17-3-2-4-18(23)15-17/h2-10,15H,11-14H2,1H3. The number of halogens is 1. The first-order chi connectivity index (χ1) is 14.1. The van der Waals surface area contributed by atoms with Gasteiger partial charge in [0.25, 0.3) is 5.91 Å². The van der Waals surface area contributed by atoms with Crippen molar-refractivity contribution in [3.8, 4) is 17.0 Å². The summed E-state index contributed by atoms with van der Waals surface area (Å²) in [4.78, 5) is 16.6. The third-order valence-electron chi connectivity index (χ3n) is 5.00. The van der Waals surface area contributed by atoms with Crippen molar-refractivity contribution in [1.29, 1.82) is 0 Å². The molecule has 1 amide bonds. The maximum absolute atomic E-state index is 12.7. The SMILES string of the molecule is COc1ccc(-c2ccc(N3CCN(C(=O)c4cccc(Cl)c4)CC3)nn2)cc1. The monoisotopic (exact) mass is 408 g/mol. The Labute approximate surface area is 174 Å². The van der Waals surface area contributed by atoms with Crippen molar-refractivity contribution in [3.63, 3.8) is 0 Å². The molecule has 1 aliphatic rings. The zero-order chi connectivity index (χ0) is 20.2. The first-order valence-corrected chi connectivity index (χ1v) is 9.80. The van der Waals surface area contributed by atoms with Gasteiger partial charge in [-0.05, 0) is 54.6 Å². The Morgan fingerprint density at radius 1 is 0.966 bits per heavy atom. The van der Waals surface area contributed by atoms with Gasteiger partial charge in [-0.25, -0.2) is 0 Å². The Morgan fingerprint density at radius 3 is 2.34 bits per heavy atom. The molecule has 2 heterocycles. The van der Waals surface area contributed by atoms with Crippen molar-refractivity contribution in [2.24, 2.45) is 0 Å². The molecule has 29 heavy (non-hydrogen) atoms. The first kappa shape index (κ1) is 19.2. The third-order valence-corrected chi connectivity index (χ3v) is 5.23. The van der Waals surface area contributed by atoms with Gasteiger partial charge >= 0.3 is 0 Å². The van der Waals surface area contributed by atoms with Crippen molar-refractivity contribution < 1.29 is 9.53 Å². The molecule has 1 aliphatic heterocycles. The van der Waals surface area contributed by atoms with Gasteiger partial charge in [-0.15, -0.1) is 10.2 Å². The Bertz CT molecular complexity index is 984. The zero-order valence-corrected chi connectivity index (χ0v) is 16.8. The molecule has 4 rings (SSSR count). The number of methoxy groups -OCH3 is 1. The number of rotatable bonds is 4. The average molecular weight is 409 g/mol. The van der Waals surface area contributed by atoms with Crippen molar-refractivity contribution in [2.45, 2.75) is 0 Å². The van der Waals surface area contributed by atoms with E-state index in [9.17, 15) is 4.79 Å². The fourth-order valence-electron chi connectivity index (χ4n) is 3.35. The summed E-state index contributed by atoms with van der Waals surface area (Å²) in [6, 6.07) is 18.7. The largest absolute Gasteiger partial charge is 0.497 e. The Kier molecular flexibility index (Phi) is 5.62. The molecule has 0 aliphatic carbocycles. The lowest BCUT2D eigenvalue weighted by molar-refractivity contribution is 0.0746. The van der Waals surface area contributed by atoms with Crippen LogP contribution in [0.3, 0.4) is 0 Å². The molecule has 1 aromatic heterocycles. The lowest BCUT2D eigenvalue weighted by atomic mass is 10.1. The minimum Gasteiger partial charge on any atom is -0.497 e. The Morgan fingerprint density at radius 2 is 1.72 bits per heavy atom. The van der Waals surface area contributed by atoms with Gasteiger partial charge in [0.05, 0.1) is 12.8 Å². The van der Waals surface area contributed by atoms with Gasteiger partial charge in [0.15, 0.2) is 5.82 Å². The molecule has 3 aromatic rings. The highest BCUT2D eigenvalue weighted by Crippen LogP contribution is 2.22. The highest BCUT2D eigenvalue weighted by Gasteiger charge is 2.23. The number of carbonyl (C=O) groups excluding carboxylic acids is 1. The maximum atomic E-state index is 12.7. The molecule has 0 saturated carbocycles. The molecule has 1 saturated heterocycles. The van der Waals surface area contributed by atoms with Crippen molar-refractivity contribution >= 4 is 23.3 Å². The van der Waals surface area contributed by atoms with E-state index in [1.807, 2.05) is 41.3 Å². The van der Waals surface area contributed by atoms with Crippen LogP contribution in [0.1, 0.15) is 10.4 Å². The number of benzene rings is 2. The van der Waals surface area contributed by atoms with Crippen LogP contribution in [0.25, 0.3) is 11.3 Å². The number of ether oxygens (including phenoxy) is 1. The molecule has 0 spiro atoms. The summed E-state index contributed by atoms with van der Waals surface area (Å²) in [6.45, 7) is 2.69. The number of hydrogen-bond acceptors (Lipinski definition) is 5. The normalized spacial score (nSPS) is 14.0. The smallest absolute Gasteiger partial charge is 0.254 e. The van der Waals surface area contributed by atoms with Crippen molar-refractivity contribution in [3.05, 3.63) is 71.2 Å². The molecule has 0 bridgehead atoms. The van der Waals surface area contributed by atoms with Crippen molar-refractivity contribution in [2.75, 3.05) is 38.2 Å². The van der Waals surface area contributed by atoms with Gasteiger partial charge in [0.2, 0.25) is 0 Å². The van der Waals surface area contributed by atoms with E-state index >= 15 is 0 Å². The first-order valence-electron chi connectivity index (χ1n) is 9.42. The van der Waals surface area contributed by atoms with E-state index in [4.69, 9.17) is 16.3 Å². The number of nitrogens with zero attached hydrogens (tertiary/aromatic N) is 4. The van der Waals surface area contributed by atoms with Crippen LogP contribution in [0, 0.1) is 0 Å². The predicted octanol–water partition coefficient (Wildman–Crippen LogP) is 3.77. The van der Waals surface area contributed by atoms with E-state index in [0.717, 1.165) is 22.8 Å². The van der Waals surface area contributed by atoms with Crippen LogP contribution in [-0.2, 0) is 0 Å². The maximum Gasteiger partial charge on any atom is 0.254 e. The Balaban J connectivity index is 1.38. The van der Waals surface area contributed by atoms with Gasteiger partial charge in [-0.1, -0.05) is 17.7 Å². The topological polar surface area (TPSA) is 58.6 Å². The lowest BCUT2D eigenvalue weighted by Crippen LogP contribution is -2.49. The Hall–Kier alpha value is -3.12. The third kappa shape index (κ3) is 4.32. The summed E-state index contributed by atoms with van der Waals surface area (Å²) >= 11 is 6.00. The zero-order valence-electron chi connectivity index (χ0n) is 16.1. The van der Waals surface area contributed by atoms with Crippen molar-refractivity contribution in [1.82, 2.24) is 15.1 Å². The minimum absolute atomic E-state index is 0.00749. The predicted molar refractivity (Wildman–Crippen MR) is 114 cm³/mol.